The molecule has 0 bridgehead atoms. The Morgan fingerprint density at radius 1 is 0.857 bits per heavy atom. The number of rotatable bonds is 9. The van der Waals surface area contributed by atoms with Gasteiger partial charge in [-0.25, -0.2) is 4.79 Å². The largest absolute Gasteiger partial charge is 0.507 e. The summed E-state index contributed by atoms with van der Waals surface area (Å²) in [6, 6.07) is 22.7. The number of aromatic nitrogens is 4. The summed E-state index contributed by atoms with van der Waals surface area (Å²) < 4.78 is 3.12. The lowest BCUT2D eigenvalue weighted by Crippen LogP contribution is -2.46. The second kappa shape index (κ2) is 13.7. The lowest BCUT2D eigenvalue weighted by molar-refractivity contribution is -0.135. The van der Waals surface area contributed by atoms with E-state index in [2.05, 4.69) is 55.6 Å². The number of fused-ring (bicyclic) bond motifs is 1. The minimum absolute atomic E-state index is 0.149. The molecular formula is C37H40N8O4. The first-order valence-electron chi connectivity index (χ1n) is 16.7. The van der Waals surface area contributed by atoms with Gasteiger partial charge in [0.15, 0.2) is 5.82 Å². The van der Waals surface area contributed by atoms with Gasteiger partial charge in [-0.05, 0) is 72.8 Å². The van der Waals surface area contributed by atoms with Crippen LogP contribution in [0.1, 0.15) is 36.4 Å². The quantitative estimate of drug-likeness (QED) is 0.202. The second-order valence-electron chi connectivity index (χ2n) is 13.0. The number of piperidine rings is 1. The zero-order valence-corrected chi connectivity index (χ0v) is 27.5. The first-order valence-corrected chi connectivity index (χ1v) is 16.7. The minimum Gasteiger partial charge on any atom is -0.507 e. The summed E-state index contributed by atoms with van der Waals surface area (Å²) in [7, 11) is 1.73. The normalized spacial score (nSPS) is 17.4. The summed E-state index contributed by atoms with van der Waals surface area (Å²) in [6.07, 6.45) is 2.46. The first kappa shape index (κ1) is 32.2. The molecule has 1 atom stereocenters. The van der Waals surface area contributed by atoms with Crippen molar-refractivity contribution in [1.82, 2.24) is 34.4 Å². The minimum atomic E-state index is -0.674. The number of nitrogens with zero attached hydrogens (tertiary/aromatic N) is 6. The van der Waals surface area contributed by atoms with Crippen molar-refractivity contribution in [3.63, 3.8) is 0 Å². The van der Waals surface area contributed by atoms with Gasteiger partial charge >= 0.3 is 5.69 Å². The molecule has 0 radical (unpaired) electrons. The van der Waals surface area contributed by atoms with Crippen molar-refractivity contribution in [2.75, 3.05) is 38.5 Å². The Labute approximate surface area is 283 Å². The zero-order valence-electron chi connectivity index (χ0n) is 27.5. The molecule has 2 saturated heterocycles. The highest BCUT2D eigenvalue weighted by Gasteiger charge is 2.31. The van der Waals surface area contributed by atoms with Crippen LogP contribution in [0, 0.1) is 0 Å². The lowest BCUT2D eigenvalue weighted by Gasteiger charge is -2.34. The number of piperazine rings is 1. The molecule has 0 spiro atoms. The van der Waals surface area contributed by atoms with Crippen molar-refractivity contribution in [3.8, 4) is 28.1 Å². The van der Waals surface area contributed by atoms with Crippen LogP contribution in [0.15, 0.2) is 77.6 Å². The van der Waals surface area contributed by atoms with Crippen LogP contribution in [0.3, 0.4) is 0 Å². The summed E-state index contributed by atoms with van der Waals surface area (Å²) in [4.78, 5) is 42.2. The standard InChI is InChI=1S/C37H40N8O4/c1-42-32-21-24(10-13-30(32)45(37(42)49)31-14-15-34(47)39-36(31)48)5-4-16-43-17-19-44(20-18-43)23-25-8-11-26(12-9-25)28-22-29(40-41-35(28)38)27-6-2-3-7-33(27)46/h2-3,6-13,21-22,31,46H,4-5,14-20,23H2,1H3,(H2,38,41)(H,39,47,48). The molecule has 49 heavy (non-hydrogen) atoms. The number of nitrogens with one attached hydrogen (secondary N) is 1. The van der Waals surface area contributed by atoms with E-state index in [1.807, 2.05) is 24.3 Å². The number of anilines is 1. The van der Waals surface area contributed by atoms with Gasteiger partial charge < -0.3 is 15.7 Å². The van der Waals surface area contributed by atoms with E-state index in [9.17, 15) is 19.5 Å². The number of hydrogen-bond donors (Lipinski definition) is 3. The third-order valence-corrected chi connectivity index (χ3v) is 9.75. The smallest absolute Gasteiger partial charge is 0.329 e. The monoisotopic (exact) mass is 660 g/mol. The molecule has 1 unspecified atom stereocenters. The van der Waals surface area contributed by atoms with Crippen LogP contribution in [0.5, 0.6) is 5.75 Å². The molecule has 2 aliphatic heterocycles. The number of aromatic hydroxyl groups is 1. The molecule has 2 aromatic heterocycles. The van der Waals surface area contributed by atoms with Crippen molar-refractivity contribution >= 4 is 28.7 Å². The van der Waals surface area contributed by atoms with Gasteiger partial charge in [-0.15, -0.1) is 10.2 Å². The van der Waals surface area contributed by atoms with Crippen LogP contribution in [0.4, 0.5) is 5.82 Å². The van der Waals surface area contributed by atoms with E-state index in [0.717, 1.165) is 74.3 Å². The number of benzene rings is 3. The highest BCUT2D eigenvalue weighted by molar-refractivity contribution is 6.00. The summed E-state index contributed by atoms with van der Waals surface area (Å²) in [5.74, 6) is -0.219. The number of phenolic OH excluding ortho intramolecular Hbond substituents is 1. The molecule has 5 aromatic rings. The number of aryl methyl sites for hydroxylation is 2. The Bertz CT molecular complexity index is 2080. The molecule has 0 aliphatic carbocycles. The maximum Gasteiger partial charge on any atom is 0.329 e. The van der Waals surface area contributed by atoms with E-state index in [4.69, 9.17) is 5.73 Å². The van der Waals surface area contributed by atoms with E-state index >= 15 is 0 Å². The Balaban J connectivity index is 0.908. The number of carbonyl (C=O) groups is 2. The summed E-state index contributed by atoms with van der Waals surface area (Å²) in [5.41, 5.74) is 12.8. The molecule has 2 amide bonds. The summed E-state index contributed by atoms with van der Waals surface area (Å²) in [5, 5.41) is 21.0. The molecule has 2 aliphatic rings. The highest BCUT2D eigenvalue weighted by Crippen LogP contribution is 2.32. The SMILES string of the molecule is Cn1c(=O)n(C2CCC(=O)NC2=O)c2ccc(CCCN3CCN(Cc4ccc(-c5cc(-c6ccccc6O)nnc5N)cc4)CC3)cc21. The van der Waals surface area contributed by atoms with Crippen LogP contribution in [0.2, 0.25) is 0 Å². The molecule has 7 rings (SSSR count). The Morgan fingerprint density at radius 2 is 1.59 bits per heavy atom. The van der Waals surface area contributed by atoms with Gasteiger partial charge in [-0.1, -0.05) is 42.5 Å². The van der Waals surface area contributed by atoms with E-state index in [1.165, 1.54) is 10.1 Å². The third kappa shape index (κ3) is 6.70. The number of phenols is 1. The van der Waals surface area contributed by atoms with Gasteiger partial charge in [0.2, 0.25) is 11.8 Å². The van der Waals surface area contributed by atoms with Crippen molar-refractivity contribution in [1.29, 1.82) is 0 Å². The average Bonchev–Trinajstić information content (AvgIpc) is 3.35. The molecule has 12 nitrogen and oxygen atoms in total. The zero-order chi connectivity index (χ0) is 34.1. The fraction of sp³-hybridized carbons (Fsp3) is 0.324. The number of amides is 2. The van der Waals surface area contributed by atoms with E-state index in [-0.39, 0.29) is 23.8 Å². The first-order chi connectivity index (χ1) is 23.7. The number of nitrogen functional groups attached to an aromatic ring is 1. The van der Waals surface area contributed by atoms with Crippen LogP contribution < -0.4 is 16.7 Å². The van der Waals surface area contributed by atoms with Gasteiger partial charge in [0.25, 0.3) is 0 Å². The number of imidazole rings is 1. The molecule has 4 heterocycles. The molecule has 4 N–H and O–H groups in total. The maximum atomic E-state index is 13.1. The van der Waals surface area contributed by atoms with Crippen LogP contribution in [-0.2, 0) is 29.6 Å². The second-order valence-corrected chi connectivity index (χ2v) is 13.0. The van der Waals surface area contributed by atoms with Gasteiger partial charge in [-0.2, -0.15) is 0 Å². The van der Waals surface area contributed by atoms with Crippen molar-refractivity contribution < 1.29 is 14.7 Å². The highest BCUT2D eigenvalue weighted by atomic mass is 16.3. The Morgan fingerprint density at radius 3 is 2.35 bits per heavy atom. The van der Waals surface area contributed by atoms with Gasteiger partial charge in [-0.3, -0.25) is 28.9 Å². The number of imide groups is 1. The lowest BCUT2D eigenvalue weighted by atomic mass is 10.0. The van der Waals surface area contributed by atoms with Crippen LogP contribution in [0.25, 0.3) is 33.4 Å². The molecule has 252 valence electrons. The topological polar surface area (TPSA) is 152 Å². The summed E-state index contributed by atoms with van der Waals surface area (Å²) in [6.45, 7) is 5.88. The van der Waals surface area contributed by atoms with Crippen molar-refractivity contribution in [3.05, 3.63) is 94.4 Å². The van der Waals surface area contributed by atoms with Crippen LogP contribution in [-0.4, -0.2) is 78.8 Å². The molecule has 0 saturated carbocycles. The van der Waals surface area contributed by atoms with Crippen molar-refractivity contribution in [2.24, 2.45) is 7.05 Å². The van der Waals surface area contributed by atoms with Crippen LogP contribution >= 0.6 is 0 Å². The molecular weight excluding hydrogens is 620 g/mol. The molecule has 3 aromatic carbocycles. The average molecular weight is 661 g/mol. The van der Waals surface area contributed by atoms with E-state index < -0.39 is 11.9 Å². The molecule has 12 heteroatoms. The maximum absolute atomic E-state index is 13.1. The summed E-state index contributed by atoms with van der Waals surface area (Å²) >= 11 is 0. The van der Waals surface area contributed by atoms with Gasteiger partial charge in [0.05, 0.1) is 16.7 Å². The fourth-order valence-corrected chi connectivity index (χ4v) is 6.97. The van der Waals surface area contributed by atoms with Crippen molar-refractivity contribution in [2.45, 2.75) is 38.3 Å². The molecule has 2 fully saturated rings. The Kier molecular flexibility index (Phi) is 8.98. The van der Waals surface area contributed by atoms with Gasteiger partial charge in [0, 0.05) is 57.3 Å². The third-order valence-electron chi connectivity index (χ3n) is 9.75. The predicted octanol–water partition coefficient (Wildman–Crippen LogP) is 3.48. The number of carbonyl (C=O) groups excluding carboxylic acids is 2. The van der Waals surface area contributed by atoms with Gasteiger partial charge in [0.1, 0.15) is 11.8 Å². The predicted molar refractivity (Wildman–Crippen MR) is 188 cm³/mol. The van der Waals surface area contributed by atoms with E-state index in [1.54, 1.807) is 29.8 Å². The van der Waals surface area contributed by atoms with E-state index in [0.29, 0.717) is 29.0 Å². The number of para-hydroxylation sites is 1. The number of nitrogens with two attached hydrogens (primary N) is 1. The Hall–Kier alpha value is -5.33. The number of hydrogen-bond acceptors (Lipinski definition) is 9. The fourth-order valence-electron chi connectivity index (χ4n) is 6.97.